The Labute approximate surface area is 109 Å². The SMILES string of the molecule is CCCC(C)(O)C(C)=NCC.[Ce]. The summed E-state index contributed by atoms with van der Waals surface area (Å²) in [6, 6.07) is 0. The summed E-state index contributed by atoms with van der Waals surface area (Å²) < 4.78 is 0. The first-order chi connectivity index (χ1) is 5.04. The molecule has 0 fully saturated rings. The molecule has 0 aromatic heterocycles. The first-order valence-electron chi connectivity index (χ1n) is 4.28. The Kier molecular flexibility index (Phi) is 9.56. The van der Waals surface area contributed by atoms with Crippen LogP contribution in [-0.2, 0) is 0 Å². The van der Waals surface area contributed by atoms with Gasteiger partial charge in [0.2, 0.25) is 0 Å². The van der Waals surface area contributed by atoms with Crippen LogP contribution in [0.25, 0.3) is 0 Å². The zero-order valence-corrected chi connectivity index (χ0v) is 11.7. The Bertz CT molecular complexity index is 143. The summed E-state index contributed by atoms with van der Waals surface area (Å²) in [6.07, 6.45) is 1.78. The quantitative estimate of drug-likeness (QED) is 0.791. The predicted octanol–water partition coefficient (Wildman–Crippen LogP) is 2.02. The number of hydrogen-bond donors (Lipinski definition) is 1. The second kappa shape index (κ2) is 7.41. The van der Waals surface area contributed by atoms with Crippen molar-refractivity contribution < 1.29 is 46.9 Å². The third-order valence-corrected chi connectivity index (χ3v) is 1.91. The van der Waals surface area contributed by atoms with Crippen LogP contribution in [0.15, 0.2) is 4.99 Å². The molecule has 0 aliphatic rings. The smallest absolute Gasteiger partial charge is 0.0991 e. The molecular weight excluding hydrogens is 278 g/mol. The zero-order valence-electron chi connectivity index (χ0n) is 8.52. The first kappa shape index (κ1) is 15.5. The van der Waals surface area contributed by atoms with E-state index in [1.807, 2.05) is 20.8 Å². The van der Waals surface area contributed by atoms with E-state index in [1.54, 1.807) is 0 Å². The molecule has 1 unspecified atom stereocenters. The molecule has 0 rings (SSSR count). The topological polar surface area (TPSA) is 32.6 Å². The van der Waals surface area contributed by atoms with Crippen molar-refractivity contribution in [2.75, 3.05) is 6.54 Å². The van der Waals surface area contributed by atoms with Crippen molar-refractivity contribution >= 4 is 5.71 Å². The Morgan fingerprint density at radius 2 is 1.92 bits per heavy atom. The van der Waals surface area contributed by atoms with Crippen molar-refractivity contribution in [1.82, 2.24) is 0 Å². The van der Waals surface area contributed by atoms with Crippen molar-refractivity contribution in [3.8, 4) is 0 Å². The molecule has 12 heavy (non-hydrogen) atoms. The summed E-state index contributed by atoms with van der Waals surface area (Å²) in [5.41, 5.74) is 0.159. The van der Waals surface area contributed by atoms with Gasteiger partial charge in [0.1, 0.15) is 0 Å². The summed E-state index contributed by atoms with van der Waals surface area (Å²) in [5, 5.41) is 9.78. The van der Waals surface area contributed by atoms with Crippen LogP contribution in [0.5, 0.6) is 0 Å². The van der Waals surface area contributed by atoms with Gasteiger partial charge < -0.3 is 5.11 Å². The van der Waals surface area contributed by atoms with E-state index in [-0.39, 0.29) is 41.7 Å². The average Bonchev–Trinajstić information content (AvgIpc) is 1.88. The molecular formula is C9H19CeNO. The standard InChI is InChI=1S/C9H19NO.Ce/c1-5-7-9(4,11)8(3)10-6-2;/h11H,5-7H2,1-4H3;. The van der Waals surface area contributed by atoms with Gasteiger partial charge in [-0.05, 0) is 27.2 Å². The van der Waals surface area contributed by atoms with Crippen LogP contribution in [-0.4, -0.2) is 23.0 Å². The van der Waals surface area contributed by atoms with Gasteiger partial charge in [0, 0.05) is 54.0 Å². The molecule has 1 atom stereocenters. The number of aliphatic hydroxyl groups is 1. The number of aliphatic imine (C=N–C) groups is 1. The predicted molar refractivity (Wildman–Crippen MR) is 49.2 cm³/mol. The zero-order chi connectivity index (χ0) is 8.91. The Morgan fingerprint density at radius 3 is 2.25 bits per heavy atom. The summed E-state index contributed by atoms with van der Waals surface area (Å²) >= 11 is 0. The molecule has 0 heterocycles. The van der Waals surface area contributed by atoms with E-state index in [2.05, 4.69) is 11.9 Å². The average molecular weight is 297 g/mol. The molecule has 1 N–H and O–H groups in total. The van der Waals surface area contributed by atoms with Gasteiger partial charge in [0.05, 0.1) is 5.60 Å². The van der Waals surface area contributed by atoms with Crippen LogP contribution in [0.2, 0.25) is 0 Å². The molecule has 0 aliphatic heterocycles. The van der Waals surface area contributed by atoms with Gasteiger partial charge >= 0.3 is 0 Å². The molecule has 0 aliphatic carbocycles. The summed E-state index contributed by atoms with van der Waals surface area (Å²) in [6.45, 7) is 8.51. The maximum absolute atomic E-state index is 9.78. The second-order valence-electron chi connectivity index (χ2n) is 3.08. The van der Waals surface area contributed by atoms with E-state index < -0.39 is 5.60 Å². The van der Waals surface area contributed by atoms with E-state index in [0.29, 0.717) is 0 Å². The van der Waals surface area contributed by atoms with Crippen molar-refractivity contribution in [3.05, 3.63) is 0 Å². The molecule has 0 saturated heterocycles. The maximum Gasteiger partial charge on any atom is 0.0991 e. The Hall–Kier alpha value is 1.01. The largest absolute Gasteiger partial charge is 0.384 e. The molecule has 0 radical (unpaired) electrons. The third kappa shape index (κ3) is 5.62. The van der Waals surface area contributed by atoms with E-state index in [4.69, 9.17) is 0 Å². The molecule has 3 heteroatoms. The maximum atomic E-state index is 9.78. The Morgan fingerprint density at radius 1 is 1.42 bits per heavy atom. The van der Waals surface area contributed by atoms with Crippen molar-refractivity contribution in [3.63, 3.8) is 0 Å². The van der Waals surface area contributed by atoms with Gasteiger partial charge in [0.15, 0.2) is 0 Å². The molecule has 2 nitrogen and oxygen atoms in total. The van der Waals surface area contributed by atoms with Crippen molar-refractivity contribution in [2.24, 2.45) is 4.99 Å². The van der Waals surface area contributed by atoms with Gasteiger partial charge in [-0.1, -0.05) is 13.3 Å². The van der Waals surface area contributed by atoms with Crippen LogP contribution in [0.3, 0.4) is 0 Å². The Balaban J connectivity index is 0. The summed E-state index contributed by atoms with van der Waals surface area (Å²) in [7, 11) is 0. The van der Waals surface area contributed by atoms with E-state index in [9.17, 15) is 5.11 Å². The van der Waals surface area contributed by atoms with Gasteiger partial charge in [-0.15, -0.1) is 0 Å². The number of nitrogens with zero attached hydrogens (tertiary/aromatic N) is 1. The normalized spacial score (nSPS) is 16.6. The fourth-order valence-electron chi connectivity index (χ4n) is 1.08. The van der Waals surface area contributed by atoms with Crippen LogP contribution < -0.4 is 0 Å². The minimum absolute atomic E-state index is 0. The van der Waals surface area contributed by atoms with Crippen LogP contribution >= 0.6 is 0 Å². The monoisotopic (exact) mass is 297 g/mol. The second-order valence-corrected chi connectivity index (χ2v) is 3.08. The van der Waals surface area contributed by atoms with E-state index in [1.165, 1.54) is 0 Å². The van der Waals surface area contributed by atoms with Crippen molar-refractivity contribution in [2.45, 2.75) is 46.1 Å². The van der Waals surface area contributed by atoms with Crippen LogP contribution in [0, 0.1) is 41.7 Å². The number of hydrogen-bond acceptors (Lipinski definition) is 2. The molecule has 0 aromatic rings. The van der Waals surface area contributed by atoms with Gasteiger partial charge in [-0.2, -0.15) is 0 Å². The van der Waals surface area contributed by atoms with Crippen LogP contribution in [0.1, 0.15) is 40.5 Å². The van der Waals surface area contributed by atoms with Crippen molar-refractivity contribution in [1.29, 1.82) is 0 Å². The molecule has 70 valence electrons. The molecule has 0 bridgehead atoms. The van der Waals surface area contributed by atoms with E-state index >= 15 is 0 Å². The number of rotatable bonds is 4. The third-order valence-electron chi connectivity index (χ3n) is 1.91. The molecule has 0 aromatic carbocycles. The minimum Gasteiger partial charge on any atom is -0.384 e. The molecule has 0 spiro atoms. The molecule has 0 amide bonds. The van der Waals surface area contributed by atoms with Gasteiger partial charge in [0.25, 0.3) is 0 Å². The summed E-state index contributed by atoms with van der Waals surface area (Å²) in [4.78, 5) is 4.18. The van der Waals surface area contributed by atoms with Gasteiger partial charge in [-0.25, -0.2) is 0 Å². The summed E-state index contributed by atoms with van der Waals surface area (Å²) in [5.74, 6) is 0. The van der Waals surface area contributed by atoms with Crippen LogP contribution in [0.4, 0.5) is 0 Å². The minimum atomic E-state index is -0.690. The first-order valence-corrected chi connectivity index (χ1v) is 4.28. The molecule has 0 saturated carbocycles. The van der Waals surface area contributed by atoms with Gasteiger partial charge in [-0.3, -0.25) is 4.99 Å². The fraction of sp³-hybridized carbons (Fsp3) is 0.889. The van der Waals surface area contributed by atoms with E-state index in [0.717, 1.165) is 25.1 Å². The fourth-order valence-corrected chi connectivity index (χ4v) is 1.08.